The molecule has 0 radical (unpaired) electrons. The molecule has 1 fully saturated rings. The lowest BCUT2D eigenvalue weighted by atomic mass is 9.90. The molecule has 1 aromatic heterocycles. The Balaban J connectivity index is 1.42. The molecule has 0 amide bonds. The third-order valence-electron chi connectivity index (χ3n) is 8.06. The summed E-state index contributed by atoms with van der Waals surface area (Å²) in [5.74, 6) is -0.0160. The fourth-order valence-corrected chi connectivity index (χ4v) is 9.62. The quantitative estimate of drug-likeness (QED) is 0.185. The van der Waals surface area contributed by atoms with Gasteiger partial charge in [-0.2, -0.15) is 5.10 Å². The number of rotatable bonds is 5. The minimum absolute atomic E-state index is 0.0160. The van der Waals surface area contributed by atoms with Crippen LogP contribution in [-0.4, -0.2) is 24.5 Å². The Labute approximate surface area is 236 Å². The highest BCUT2D eigenvalue weighted by molar-refractivity contribution is 8.08. The Hall–Kier alpha value is -3.49. The highest BCUT2D eigenvalue weighted by atomic mass is 32.2. The summed E-state index contributed by atoms with van der Waals surface area (Å²) in [6.07, 6.45) is 4.78. The van der Waals surface area contributed by atoms with E-state index in [1.807, 2.05) is 53.9 Å². The van der Waals surface area contributed by atoms with E-state index in [1.165, 1.54) is 33.9 Å². The van der Waals surface area contributed by atoms with Crippen LogP contribution in [0.2, 0.25) is 0 Å². The van der Waals surface area contributed by atoms with Gasteiger partial charge in [-0.15, -0.1) is 0 Å². The van der Waals surface area contributed by atoms with Crippen LogP contribution in [0.5, 0.6) is 0 Å². The highest BCUT2D eigenvalue weighted by Crippen LogP contribution is 2.65. The highest BCUT2D eigenvalue weighted by Gasteiger charge is 2.52. The number of fused-ring (bicyclic) bond motifs is 1. The molecule has 8 heteroatoms. The average Bonchev–Trinajstić information content (AvgIpc) is 3.65. The Bertz CT molecular complexity index is 1580. The largest absolute Gasteiger partial charge is 0.346 e. The maximum atomic E-state index is 11.4. The van der Waals surface area contributed by atoms with Crippen LogP contribution in [0.15, 0.2) is 99.9 Å². The topological polar surface area (TPSA) is 64.2 Å². The number of hydrogen-bond donors (Lipinski definition) is 0. The van der Waals surface area contributed by atoms with Crippen molar-refractivity contribution >= 4 is 29.2 Å². The van der Waals surface area contributed by atoms with E-state index in [1.54, 1.807) is 12.1 Å². The van der Waals surface area contributed by atoms with Gasteiger partial charge in [-0.1, -0.05) is 97.0 Å². The molecule has 1 unspecified atom stereocenters. The molecule has 1 aliphatic carbocycles. The maximum absolute atomic E-state index is 11.4. The number of nitro benzene ring substituents is 1. The van der Waals surface area contributed by atoms with E-state index < -0.39 is 0 Å². The number of hydrogen-bond acceptors (Lipinski definition) is 6. The molecule has 1 spiro atoms. The summed E-state index contributed by atoms with van der Waals surface area (Å²) >= 11 is 3.88. The first kappa shape index (κ1) is 24.5. The first-order chi connectivity index (χ1) is 19.0. The summed E-state index contributed by atoms with van der Waals surface area (Å²) in [7, 11) is 0. The molecule has 1 saturated carbocycles. The Morgan fingerprint density at radius 1 is 0.974 bits per heavy atom. The van der Waals surface area contributed by atoms with Crippen molar-refractivity contribution in [3.05, 3.63) is 127 Å². The van der Waals surface area contributed by atoms with Crippen LogP contribution in [0.1, 0.15) is 54.0 Å². The third kappa shape index (κ3) is 4.08. The Morgan fingerprint density at radius 2 is 1.64 bits per heavy atom. The number of benzene rings is 3. The van der Waals surface area contributed by atoms with Crippen LogP contribution in [0.3, 0.4) is 0 Å². The number of nitro groups is 1. The molecule has 3 aromatic carbocycles. The van der Waals surface area contributed by atoms with Gasteiger partial charge in [0.1, 0.15) is 5.03 Å². The van der Waals surface area contributed by atoms with Crippen LogP contribution in [0.4, 0.5) is 5.69 Å². The summed E-state index contributed by atoms with van der Waals surface area (Å²) < 4.78 is 2.09. The van der Waals surface area contributed by atoms with Gasteiger partial charge in [0.05, 0.1) is 26.2 Å². The van der Waals surface area contributed by atoms with Crippen LogP contribution < -0.4 is 0 Å². The summed E-state index contributed by atoms with van der Waals surface area (Å²) in [5.41, 5.74) is 5.75. The number of nitrogens with zero attached hydrogens (tertiary/aromatic N) is 4. The van der Waals surface area contributed by atoms with Gasteiger partial charge in [-0.3, -0.25) is 10.1 Å². The predicted octanol–water partition coefficient (Wildman–Crippen LogP) is 8.01. The summed E-state index contributed by atoms with van der Waals surface area (Å²) in [6, 6.07) is 28.2. The molecule has 0 bridgehead atoms. The lowest BCUT2D eigenvalue weighted by Crippen LogP contribution is -2.38. The molecule has 196 valence electrons. The second-order valence-corrected chi connectivity index (χ2v) is 12.8. The minimum Gasteiger partial charge on any atom is -0.346 e. The third-order valence-corrected chi connectivity index (χ3v) is 11.1. The first-order valence-electron chi connectivity index (χ1n) is 13.4. The van der Waals surface area contributed by atoms with E-state index >= 15 is 0 Å². The van der Waals surface area contributed by atoms with E-state index in [-0.39, 0.29) is 21.4 Å². The van der Waals surface area contributed by atoms with Crippen LogP contribution in [0.25, 0.3) is 5.69 Å². The lowest BCUT2D eigenvalue weighted by molar-refractivity contribution is -0.384. The lowest BCUT2D eigenvalue weighted by Gasteiger charge is -2.38. The van der Waals surface area contributed by atoms with Gasteiger partial charge in [0.2, 0.25) is 0 Å². The number of allylic oxidation sites excluding steroid dienone is 1. The summed E-state index contributed by atoms with van der Waals surface area (Å²) in [4.78, 5) is 15.2. The molecule has 1 atom stereocenters. The van der Waals surface area contributed by atoms with Crippen molar-refractivity contribution in [3.63, 3.8) is 0 Å². The van der Waals surface area contributed by atoms with Gasteiger partial charge in [-0.25, -0.2) is 4.68 Å². The van der Waals surface area contributed by atoms with Gasteiger partial charge in [-0.05, 0) is 43.0 Å². The zero-order valence-corrected chi connectivity index (χ0v) is 23.3. The van der Waals surface area contributed by atoms with Crippen molar-refractivity contribution in [1.29, 1.82) is 0 Å². The molecule has 4 aromatic rings. The van der Waals surface area contributed by atoms with Gasteiger partial charge in [0.25, 0.3) is 5.69 Å². The van der Waals surface area contributed by atoms with Gasteiger partial charge >= 0.3 is 0 Å². The first-order valence-corrected chi connectivity index (χ1v) is 15.0. The van der Waals surface area contributed by atoms with Gasteiger partial charge in [0.15, 0.2) is 0 Å². The number of non-ortho nitro benzene ring substituents is 1. The predicted molar refractivity (Wildman–Crippen MR) is 157 cm³/mol. The molecule has 39 heavy (non-hydrogen) atoms. The average molecular weight is 553 g/mol. The zero-order valence-electron chi connectivity index (χ0n) is 21.6. The number of aryl methyl sites for hydroxylation is 1. The van der Waals surface area contributed by atoms with Crippen molar-refractivity contribution in [3.8, 4) is 5.69 Å². The van der Waals surface area contributed by atoms with Crippen molar-refractivity contribution in [2.75, 3.05) is 0 Å². The van der Waals surface area contributed by atoms with E-state index in [9.17, 15) is 10.1 Å². The standard InChI is InChI=1S/C31H28N4O2S2/c1-21-26-27(23-14-16-25(17-15-23)35(36)37)28-30(38-29(26)34(32-21)24-12-6-3-7-13-24)33(20-22-10-4-2-5-11-22)31(39-28)18-8-9-19-31/h2-7,10-17,27H,8-9,18-20H2,1H3. The zero-order chi connectivity index (χ0) is 26.6. The molecule has 7 rings (SSSR count). The van der Waals surface area contributed by atoms with E-state index in [0.29, 0.717) is 0 Å². The smallest absolute Gasteiger partial charge is 0.269 e. The second kappa shape index (κ2) is 9.61. The van der Waals surface area contributed by atoms with Gasteiger partial charge in [0, 0.05) is 35.1 Å². The van der Waals surface area contributed by atoms with Crippen molar-refractivity contribution in [2.45, 2.75) is 55.0 Å². The molecular formula is C31H28N4O2S2. The number of aromatic nitrogens is 2. The van der Waals surface area contributed by atoms with Crippen LogP contribution in [-0.2, 0) is 6.54 Å². The minimum atomic E-state index is -0.325. The summed E-state index contributed by atoms with van der Waals surface area (Å²) in [6.45, 7) is 2.95. The molecule has 0 N–H and O–H groups in total. The molecule has 0 saturated heterocycles. The summed E-state index contributed by atoms with van der Waals surface area (Å²) in [5, 5.41) is 18.9. The Kier molecular flexibility index (Phi) is 6.05. The maximum Gasteiger partial charge on any atom is 0.269 e. The molecular weight excluding hydrogens is 525 g/mol. The van der Waals surface area contributed by atoms with E-state index in [2.05, 4.69) is 59.0 Å². The van der Waals surface area contributed by atoms with Gasteiger partial charge < -0.3 is 4.90 Å². The molecule has 3 aliphatic rings. The van der Waals surface area contributed by atoms with Crippen molar-refractivity contribution < 1.29 is 4.92 Å². The number of para-hydroxylation sites is 1. The Morgan fingerprint density at radius 3 is 2.31 bits per heavy atom. The number of thioether (sulfide) groups is 2. The van der Waals surface area contributed by atoms with E-state index in [0.717, 1.165) is 41.4 Å². The van der Waals surface area contributed by atoms with Crippen LogP contribution in [0, 0.1) is 17.0 Å². The van der Waals surface area contributed by atoms with Crippen molar-refractivity contribution in [1.82, 2.24) is 14.7 Å². The second-order valence-electron chi connectivity index (χ2n) is 10.4. The fraction of sp³-hybridized carbons (Fsp3) is 0.258. The normalized spacial score (nSPS) is 19.4. The fourth-order valence-electron chi connectivity index (χ4n) is 6.21. The SMILES string of the molecule is Cc1nn(-c2ccccc2)c2c1C(c1ccc([N+](=O)[O-])cc1)C1=C(S2)N(Cc2ccccc2)C2(CCCC2)S1. The monoisotopic (exact) mass is 552 g/mol. The molecule has 2 aliphatic heterocycles. The van der Waals surface area contributed by atoms with Crippen LogP contribution >= 0.6 is 23.5 Å². The molecule has 3 heterocycles. The van der Waals surface area contributed by atoms with Crippen molar-refractivity contribution in [2.24, 2.45) is 0 Å². The van der Waals surface area contributed by atoms with E-state index in [4.69, 9.17) is 5.10 Å². The molecule has 6 nitrogen and oxygen atoms in total.